The molecule has 32 heavy (non-hydrogen) atoms. The van der Waals surface area contributed by atoms with E-state index in [0.717, 1.165) is 32.4 Å². The van der Waals surface area contributed by atoms with Crippen LogP contribution in [0.25, 0.3) is 0 Å². The normalized spacial score (nSPS) is 35.3. The van der Waals surface area contributed by atoms with Crippen LogP contribution in [-0.2, 0) is 21.9 Å². The molecule has 0 radical (unpaired) electrons. The second kappa shape index (κ2) is 7.42. The van der Waals surface area contributed by atoms with Gasteiger partial charge in [0.1, 0.15) is 5.75 Å². The van der Waals surface area contributed by atoms with E-state index in [1.807, 2.05) is 26.0 Å². The second-order valence-electron chi connectivity index (χ2n) is 11.6. The van der Waals surface area contributed by atoms with Gasteiger partial charge < -0.3 is 14.9 Å². The first kappa shape index (κ1) is 22.6. The van der Waals surface area contributed by atoms with E-state index in [1.165, 1.54) is 11.1 Å². The highest BCUT2D eigenvalue weighted by molar-refractivity contribution is 7.89. The molecule has 0 unspecified atom stereocenters. The zero-order chi connectivity index (χ0) is 23.1. The van der Waals surface area contributed by atoms with Crippen LogP contribution in [0.5, 0.6) is 5.75 Å². The van der Waals surface area contributed by atoms with Gasteiger partial charge in [0.05, 0.1) is 5.75 Å². The smallest absolute Gasteiger partial charge is 0.214 e. The highest BCUT2D eigenvalue weighted by Gasteiger charge is 2.79. The van der Waals surface area contributed by atoms with Gasteiger partial charge >= 0.3 is 0 Å². The van der Waals surface area contributed by atoms with Crippen LogP contribution in [-0.4, -0.2) is 85.7 Å². The van der Waals surface area contributed by atoms with E-state index in [9.17, 15) is 13.5 Å². The first-order valence-electron chi connectivity index (χ1n) is 12.2. The number of likely N-dealkylation sites (N-methyl/N-ethyl adjacent to an activating group) is 2. The highest BCUT2D eigenvalue weighted by atomic mass is 32.2. The maximum Gasteiger partial charge on any atom is 0.214 e. The Balaban J connectivity index is 1.29. The molecular weight excluding hydrogens is 422 g/mol. The van der Waals surface area contributed by atoms with Crippen molar-refractivity contribution in [3.05, 3.63) is 29.3 Å². The predicted octanol–water partition coefficient (Wildman–Crippen LogP) is 2.52. The molecule has 1 N–H and O–H groups in total. The lowest BCUT2D eigenvalue weighted by Crippen LogP contribution is -2.89. The zero-order valence-electron chi connectivity index (χ0n) is 20.2. The van der Waals surface area contributed by atoms with Gasteiger partial charge in [0.15, 0.2) is 0 Å². The number of benzene rings is 1. The Bertz CT molecular complexity index is 1000. The van der Waals surface area contributed by atoms with E-state index in [-0.39, 0.29) is 17.1 Å². The third kappa shape index (κ3) is 3.04. The minimum Gasteiger partial charge on any atom is -0.508 e. The van der Waals surface area contributed by atoms with E-state index < -0.39 is 10.0 Å². The molecule has 1 saturated carbocycles. The maximum absolute atomic E-state index is 12.6. The summed E-state index contributed by atoms with van der Waals surface area (Å²) in [6, 6.07) is 6.95. The fraction of sp³-hybridized carbons (Fsp3) is 0.760. The molecule has 0 bridgehead atoms. The number of sulfonamides is 1. The van der Waals surface area contributed by atoms with Crippen molar-refractivity contribution in [1.29, 1.82) is 0 Å². The fourth-order valence-corrected chi connectivity index (χ4v) is 9.71. The highest BCUT2D eigenvalue weighted by Crippen LogP contribution is 2.71. The van der Waals surface area contributed by atoms with E-state index in [1.54, 1.807) is 4.31 Å². The van der Waals surface area contributed by atoms with Crippen LogP contribution in [0, 0.1) is 17.3 Å². The van der Waals surface area contributed by atoms with Gasteiger partial charge in [0.25, 0.3) is 0 Å². The topological polar surface area (TPSA) is 64.1 Å². The number of fused-ring (bicyclic) bond motifs is 2. The predicted molar refractivity (Wildman–Crippen MR) is 127 cm³/mol. The average Bonchev–Trinajstić information content (AvgIpc) is 2.92. The van der Waals surface area contributed by atoms with Crippen molar-refractivity contribution in [1.82, 2.24) is 14.1 Å². The number of hydrogen-bond donors (Lipinski definition) is 1. The molecular formula is C25H39N3O3S. The summed E-state index contributed by atoms with van der Waals surface area (Å²) in [4.78, 5) is 5.07. The molecule has 6 nitrogen and oxygen atoms in total. The molecule has 1 aromatic carbocycles. The molecule has 4 aliphatic rings. The van der Waals surface area contributed by atoms with Crippen molar-refractivity contribution in [2.45, 2.75) is 57.5 Å². The summed E-state index contributed by atoms with van der Waals surface area (Å²) in [5.74, 6) is 1.31. The number of aromatic hydroxyl groups is 1. The van der Waals surface area contributed by atoms with Gasteiger partial charge in [-0.3, -0.25) is 0 Å². The Labute approximate surface area is 193 Å². The fourth-order valence-electron chi connectivity index (χ4n) is 7.89. The molecule has 2 aliphatic heterocycles. The molecule has 2 heterocycles. The Hall–Kier alpha value is -1.15. The van der Waals surface area contributed by atoms with Crippen LogP contribution < -0.4 is 0 Å². The van der Waals surface area contributed by atoms with Gasteiger partial charge in [-0.1, -0.05) is 26.8 Å². The molecule has 0 aromatic heterocycles. The Morgan fingerprint density at radius 1 is 1.25 bits per heavy atom. The first-order chi connectivity index (χ1) is 15.0. The number of likely N-dealkylation sites (tertiary alicyclic amines) is 1. The number of rotatable bonds is 6. The lowest BCUT2D eigenvalue weighted by molar-refractivity contribution is -0.243. The molecule has 2 aliphatic carbocycles. The molecule has 1 spiro atoms. The van der Waals surface area contributed by atoms with E-state index in [2.05, 4.69) is 36.9 Å². The molecule has 3 fully saturated rings. The quantitative estimate of drug-likeness (QED) is 0.705. The van der Waals surface area contributed by atoms with E-state index >= 15 is 0 Å². The van der Waals surface area contributed by atoms with Gasteiger partial charge in [0, 0.05) is 49.1 Å². The number of nitrogens with zero attached hydrogens (tertiary/aromatic N) is 3. The van der Waals surface area contributed by atoms with Crippen LogP contribution in [0.1, 0.15) is 44.7 Å². The van der Waals surface area contributed by atoms with Crippen molar-refractivity contribution in [3.8, 4) is 5.75 Å². The largest absolute Gasteiger partial charge is 0.508 e. The molecule has 1 aromatic rings. The third-order valence-electron chi connectivity index (χ3n) is 9.19. The van der Waals surface area contributed by atoms with E-state index in [4.69, 9.17) is 0 Å². The summed E-state index contributed by atoms with van der Waals surface area (Å²) in [5.41, 5.74) is 3.11. The SMILES string of the molecule is CC(C)CS(=O)(=O)N1CCC(CN(C)[C@H]2[C@@H]3N(C)C[C@@]34Cc3ccc(O)cc3[C@]24C)CC1. The van der Waals surface area contributed by atoms with Gasteiger partial charge in [-0.25, -0.2) is 12.7 Å². The number of piperidine rings is 2. The lowest BCUT2D eigenvalue weighted by Gasteiger charge is -2.77. The summed E-state index contributed by atoms with van der Waals surface area (Å²) in [5, 5.41) is 10.2. The van der Waals surface area contributed by atoms with Crippen molar-refractivity contribution in [2.24, 2.45) is 17.3 Å². The monoisotopic (exact) mass is 461 g/mol. The van der Waals surface area contributed by atoms with Gasteiger partial charge in [-0.2, -0.15) is 0 Å². The number of phenolic OH excluding ortho intramolecular Hbond substituents is 1. The van der Waals surface area contributed by atoms with Crippen molar-refractivity contribution in [3.63, 3.8) is 0 Å². The first-order valence-corrected chi connectivity index (χ1v) is 13.8. The minimum atomic E-state index is -3.13. The molecule has 0 amide bonds. The van der Waals surface area contributed by atoms with Crippen molar-refractivity contribution >= 4 is 10.0 Å². The average molecular weight is 462 g/mol. The second-order valence-corrected chi connectivity index (χ2v) is 13.6. The lowest BCUT2D eigenvalue weighted by atomic mass is 9.39. The van der Waals surface area contributed by atoms with Crippen LogP contribution >= 0.6 is 0 Å². The number of phenols is 1. The summed E-state index contributed by atoms with van der Waals surface area (Å²) < 4.78 is 26.9. The Morgan fingerprint density at radius 2 is 1.94 bits per heavy atom. The Kier molecular flexibility index (Phi) is 5.25. The molecule has 178 valence electrons. The molecule has 5 rings (SSSR count). The standard InChI is InChI=1S/C25H39N3O3S/c1-17(2)15-32(30,31)28-10-8-18(9-11-28)14-26(4)22-23-25(16-27(23)5)13-19-6-7-20(29)12-21(19)24(22,25)3/h6-7,12,17-18,22-23,29H,8-11,13-16H2,1-5H3/t22-,23-,24+,25-/m0/s1. The number of hydrogen-bond acceptors (Lipinski definition) is 5. The molecule has 2 saturated heterocycles. The van der Waals surface area contributed by atoms with Gasteiger partial charge in [-0.05, 0) is 68.5 Å². The summed E-state index contributed by atoms with van der Waals surface area (Å²) >= 11 is 0. The van der Waals surface area contributed by atoms with E-state index in [0.29, 0.717) is 42.3 Å². The third-order valence-corrected chi connectivity index (χ3v) is 11.4. The zero-order valence-corrected chi connectivity index (χ0v) is 21.0. The summed E-state index contributed by atoms with van der Waals surface area (Å²) in [6.07, 6.45) is 2.99. The van der Waals surface area contributed by atoms with Crippen LogP contribution in [0.2, 0.25) is 0 Å². The summed E-state index contributed by atoms with van der Waals surface area (Å²) in [6.45, 7) is 9.80. The molecule has 7 heteroatoms. The van der Waals surface area contributed by atoms with Crippen molar-refractivity contribution in [2.75, 3.05) is 46.0 Å². The minimum absolute atomic E-state index is 0.0638. The Morgan fingerprint density at radius 3 is 2.56 bits per heavy atom. The summed E-state index contributed by atoms with van der Waals surface area (Å²) in [7, 11) is 1.37. The van der Waals surface area contributed by atoms with Gasteiger partial charge in [0.2, 0.25) is 10.0 Å². The molecule has 4 atom stereocenters. The van der Waals surface area contributed by atoms with Gasteiger partial charge in [-0.15, -0.1) is 0 Å². The van der Waals surface area contributed by atoms with Crippen LogP contribution in [0.15, 0.2) is 18.2 Å². The van der Waals surface area contributed by atoms with Crippen LogP contribution in [0.4, 0.5) is 0 Å². The van der Waals surface area contributed by atoms with Crippen LogP contribution in [0.3, 0.4) is 0 Å². The maximum atomic E-state index is 12.6. The van der Waals surface area contributed by atoms with Crippen molar-refractivity contribution < 1.29 is 13.5 Å².